The average Bonchev–Trinajstić information content (AvgIpc) is 2.70. The fourth-order valence-corrected chi connectivity index (χ4v) is 3.69. The molecule has 1 aromatic rings. The van der Waals surface area contributed by atoms with Gasteiger partial charge >= 0.3 is 0 Å². The Balaban J connectivity index is 2.94. The van der Waals surface area contributed by atoms with Crippen molar-refractivity contribution in [1.29, 1.82) is 0 Å². The van der Waals surface area contributed by atoms with Gasteiger partial charge in [0.15, 0.2) is 0 Å². The number of nitrogens with zero attached hydrogens (tertiary/aromatic N) is 1. The van der Waals surface area contributed by atoms with Gasteiger partial charge < -0.3 is 11.1 Å². The van der Waals surface area contributed by atoms with Crippen LogP contribution in [0.15, 0.2) is 0 Å². The highest BCUT2D eigenvalue weighted by Crippen LogP contribution is 2.30. The molecule has 1 rings (SSSR count). The van der Waals surface area contributed by atoms with Crippen molar-refractivity contribution in [2.45, 2.75) is 53.5 Å². The molecular weight excluding hydrogens is 290 g/mol. The van der Waals surface area contributed by atoms with Gasteiger partial charge in [-0.25, -0.2) is 4.98 Å². The first-order chi connectivity index (χ1) is 9.28. The Morgan fingerprint density at radius 2 is 2.00 bits per heavy atom. The number of thiocarbonyl (C=S) groups is 1. The highest BCUT2D eigenvalue weighted by molar-refractivity contribution is 7.80. The molecule has 0 bridgehead atoms. The van der Waals surface area contributed by atoms with Crippen molar-refractivity contribution >= 4 is 34.5 Å². The van der Waals surface area contributed by atoms with Crippen LogP contribution in [0.25, 0.3) is 0 Å². The van der Waals surface area contributed by atoms with Crippen molar-refractivity contribution in [2.24, 2.45) is 11.1 Å². The maximum absolute atomic E-state index is 12.6. The smallest absolute Gasteiger partial charge is 0.233 e. The Morgan fingerprint density at radius 1 is 1.45 bits per heavy atom. The number of rotatable bonds is 6. The molecule has 0 fully saturated rings. The molecule has 112 valence electrons. The number of thiazole rings is 1. The van der Waals surface area contributed by atoms with Gasteiger partial charge in [0.1, 0.15) is 0 Å². The second kappa shape index (κ2) is 6.63. The third-order valence-electron chi connectivity index (χ3n) is 3.79. The van der Waals surface area contributed by atoms with E-state index in [2.05, 4.69) is 10.3 Å². The second-order valence-electron chi connectivity index (χ2n) is 5.03. The molecule has 0 radical (unpaired) electrons. The van der Waals surface area contributed by atoms with Gasteiger partial charge in [-0.15, -0.1) is 11.3 Å². The molecule has 6 heteroatoms. The molecule has 1 aromatic heterocycles. The number of aromatic nitrogens is 1. The van der Waals surface area contributed by atoms with Crippen LogP contribution in [-0.4, -0.2) is 15.9 Å². The van der Waals surface area contributed by atoms with Gasteiger partial charge in [-0.2, -0.15) is 0 Å². The number of hydrogen-bond acceptors (Lipinski definition) is 4. The molecule has 0 spiro atoms. The summed E-state index contributed by atoms with van der Waals surface area (Å²) in [5, 5.41) is 4.04. The van der Waals surface area contributed by atoms with E-state index in [9.17, 15) is 4.79 Å². The molecule has 0 saturated carbocycles. The van der Waals surface area contributed by atoms with Crippen molar-refractivity contribution in [1.82, 2.24) is 10.3 Å². The fourth-order valence-electron chi connectivity index (χ4n) is 2.38. The van der Waals surface area contributed by atoms with Crippen LogP contribution in [0, 0.1) is 19.3 Å². The van der Waals surface area contributed by atoms with Crippen LogP contribution in [0.4, 0.5) is 0 Å². The summed E-state index contributed by atoms with van der Waals surface area (Å²) in [5.74, 6) is -0.0899. The summed E-state index contributed by atoms with van der Waals surface area (Å²) in [6.45, 7) is 9.77. The summed E-state index contributed by atoms with van der Waals surface area (Å²) < 4.78 is 0. The number of aryl methyl sites for hydroxylation is 2. The van der Waals surface area contributed by atoms with Crippen LogP contribution in [0.2, 0.25) is 0 Å². The van der Waals surface area contributed by atoms with E-state index in [4.69, 9.17) is 18.0 Å². The minimum absolute atomic E-state index is 0.0828. The van der Waals surface area contributed by atoms with E-state index in [1.54, 1.807) is 11.3 Å². The summed E-state index contributed by atoms with van der Waals surface area (Å²) in [6.07, 6.45) is 1.22. The van der Waals surface area contributed by atoms with Crippen molar-refractivity contribution < 1.29 is 4.79 Å². The van der Waals surface area contributed by atoms with Gasteiger partial charge in [-0.05, 0) is 33.6 Å². The van der Waals surface area contributed by atoms with Crippen LogP contribution in [0.1, 0.15) is 55.2 Å². The summed E-state index contributed by atoms with van der Waals surface area (Å²) in [5.41, 5.74) is 6.02. The fraction of sp³-hybridized carbons (Fsp3) is 0.643. The predicted octanol–water partition coefficient (Wildman–Crippen LogP) is 3.03. The second-order valence-corrected chi connectivity index (χ2v) is 6.71. The zero-order valence-electron chi connectivity index (χ0n) is 12.7. The van der Waals surface area contributed by atoms with Gasteiger partial charge in [0.05, 0.1) is 27.1 Å². The number of amides is 1. The lowest BCUT2D eigenvalue weighted by molar-refractivity contribution is -0.128. The predicted molar refractivity (Wildman–Crippen MR) is 87.9 cm³/mol. The quantitative estimate of drug-likeness (QED) is 0.792. The molecule has 20 heavy (non-hydrogen) atoms. The van der Waals surface area contributed by atoms with Crippen molar-refractivity contribution in [3.63, 3.8) is 0 Å². The van der Waals surface area contributed by atoms with Crippen molar-refractivity contribution in [3.05, 3.63) is 15.6 Å². The first kappa shape index (κ1) is 17.0. The third kappa shape index (κ3) is 3.17. The van der Waals surface area contributed by atoms with E-state index in [1.807, 2.05) is 34.6 Å². The molecular formula is C14H23N3OS2. The molecule has 4 nitrogen and oxygen atoms in total. The highest BCUT2D eigenvalue weighted by Gasteiger charge is 2.38. The Morgan fingerprint density at radius 3 is 2.35 bits per heavy atom. The Kier molecular flexibility index (Phi) is 5.65. The molecule has 0 aliphatic rings. The normalized spacial score (nSPS) is 13.1. The van der Waals surface area contributed by atoms with Gasteiger partial charge in [0.25, 0.3) is 0 Å². The lowest BCUT2D eigenvalue weighted by Crippen LogP contribution is -2.48. The largest absolute Gasteiger partial charge is 0.392 e. The van der Waals surface area contributed by atoms with Crippen molar-refractivity contribution in [2.75, 3.05) is 0 Å². The maximum atomic E-state index is 12.6. The number of carbonyl (C=O) groups excluding carboxylic acids is 1. The number of nitrogens with one attached hydrogen (secondary N) is 1. The molecule has 3 N–H and O–H groups in total. The van der Waals surface area contributed by atoms with Crippen LogP contribution < -0.4 is 11.1 Å². The first-order valence-corrected chi connectivity index (χ1v) is 8.05. The molecule has 1 unspecified atom stereocenters. The molecule has 1 heterocycles. The van der Waals surface area contributed by atoms with Crippen LogP contribution in [0.3, 0.4) is 0 Å². The summed E-state index contributed by atoms with van der Waals surface area (Å²) in [7, 11) is 0. The molecule has 0 aliphatic heterocycles. The van der Waals surface area contributed by atoms with E-state index in [0.717, 1.165) is 15.6 Å². The van der Waals surface area contributed by atoms with Gasteiger partial charge in [0, 0.05) is 4.88 Å². The molecule has 0 aromatic carbocycles. The zero-order valence-corrected chi connectivity index (χ0v) is 14.4. The van der Waals surface area contributed by atoms with Gasteiger partial charge in [-0.3, -0.25) is 4.79 Å². The maximum Gasteiger partial charge on any atom is 0.233 e. The Hall–Kier alpha value is -1.01. The highest BCUT2D eigenvalue weighted by atomic mass is 32.1. The average molecular weight is 313 g/mol. The lowest BCUT2D eigenvalue weighted by atomic mass is 9.81. The number of nitrogens with two attached hydrogens (primary N) is 1. The SMILES string of the molecule is CCC(CC)(C(=O)NC(C)c1sc(C)nc1C)C(N)=S. The minimum Gasteiger partial charge on any atom is -0.392 e. The molecule has 0 saturated heterocycles. The Labute approximate surface area is 130 Å². The first-order valence-electron chi connectivity index (χ1n) is 6.83. The van der Waals surface area contributed by atoms with Crippen LogP contribution in [0.5, 0.6) is 0 Å². The van der Waals surface area contributed by atoms with E-state index >= 15 is 0 Å². The van der Waals surface area contributed by atoms with E-state index < -0.39 is 5.41 Å². The number of carbonyl (C=O) groups is 1. The zero-order chi connectivity index (χ0) is 15.5. The monoisotopic (exact) mass is 313 g/mol. The molecule has 1 atom stereocenters. The van der Waals surface area contributed by atoms with Crippen LogP contribution >= 0.6 is 23.6 Å². The summed E-state index contributed by atoms with van der Waals surface area (Å²) in [6, 6.07) is -0.0828. The number of hydrogen-bond donors (Lipinski definition) is 2. The Bertz CT molecular complexity index is 507. The molecule has 1 amide bonds. The van der Waals surface area contributed by atoms with E-state index in [-0.39, 0.29) is 16.9 Å². The third-order valence-corrected chi connectivity index (χ3v) is 5.44. The lowest BCUT2D eigenvalue weighted by Gasteiger charge is -2.30. The van der Waals surface area contributed by atoms with Crippen LogP contribution in [-0.2, 0) is 4.79 Å². The van der Waals surface area contributed by atoms with E-state index in [0.29, 0.717) is 12.8 Å². The topological polar surface area (TPSA) is 68.0 Å². The van der Waals surface area contributed by atoms with Gasteiger partial charge in [-0.1, -0.05) is 26.1 Å². The van der Waals surface area contributed by atoms with Gasteiger partial charge in [0.2, 0.25) is 5.91 Å². The standard InChI is InChI=1S/C14H23N3OS2/c1-6-14(7-2,12(15)19)13(18)17-9(4)11-8(3)16-10(5)20-11/h9H,6-7H2,1-5H3,(H2,15,19)(H,17,18). The van der Waals surface area contributed by atoms with E-state index in [1.165, 1.54) is 0 Å². The minimum atomic E-state index is -0.753. The van der Waals surface area contributed by atoms with Crippen molar-refractivity contribution in [3.8, 4) is 0 Å². The summed E-state index contributed by atoms with van der Waals surface area (Å²) >= 11 is 6.72. The molecule has 0 aliphatic carbocycles. The summed E-state index contributed by atoms with van der Waals surface area (Å²) in [4.78, 5) is 18.3.